The molecule has 6 rings (SSSR count). The fourth-order valence-corrected chi connectivity index (χ4v) is 6.99. The van der Waals surface area contributed by atoms with Crippen molar-refractivity contribution in [2.24, 2.45) is 17.3 Å². The van der Waals surface area contributed by atoms with Crippen LogP contribution in [0.25, 0.3) is 6.08 Å². The molecule has 0 spiro atoms. The smallest absolute Gasteiger partial charge is 0.404 e. The van der Waals surface area contributed by atoms with E-state index in [9.17, 15) is 14.9 Å². The van der Waals surface area contributed by atoms with Gasteiger partial charge in [0.25, 0.3) is 5.91 Å². The van der Waals surface area contributed by atoms with Crippen molar-refractivity contribution in [1.82, 2.24) is 10.2 Å². The lowest BCUT2D eigenvalue weighted by atomic mass is 9.43. The van der Waals surface area contributed by atoms with Crippen LogP contribution >= 0.6 is 0 Å². The summed E-state index contributed by atoms with van der Waals surface area (Å²) in [6, 6.07) is 19.4. The van der Waals surface area contributed by atoms with Gasteiger partial charge in [-0.25, -0.2) is 0 Å². The topological polar surface area (TPSA) is 101 Å². The molecule has 0 radical (unpaired) electrons. The molecule has 2 aromatic rings. The SMILES string of the molecule is CN(C)C(=O)C(C#N)=Cc1cccc(COCC(=O)N[C@@H](Cc2ccccc2)B2O[C@@H]3C[C@@H]4C[C@@H](C4(C)C)[C@]3(C)O2)c1. The Kier molecular flexibility index (Phi) is 8.61. The molecule has 1 aliphatic heterocycles. The van der Waals surface area contributed by atoms with Gasteiger partial charge in [-0.2, -0.15) is 5.26 Å². The standard InChI is InChI=1S/C33H40BN3O5/c1-32(2)26-17-27(32)33(3)28(18-26)41-34(42-33)29(16-22-10-7-6-8-11-22)36-30(38)21-40-20-24-13-9-12-23(14-24)15-25(19-35)31(39)37(4)5/h6-15,26-29H,16-18,20-21H2,1-5H3,(H,36,38)/t26-,27-,28+,29-,33-/m0/s1. The van der Waals surface area contributed by atoms with Gasteiger partial charge in [0.1, 0.15) is 18.2 Å². The van der Waals surface area contributed by atoms with Gasteiger partial charge in [0.15, 0.2) is 0 Å². The number of hydrogen-bond donors (Lipinski definition) is 1. The number of nitriles is 1. The summed E-state index contributed by atoms with van der Waals surface area (Å²) in [6.07, 6.45) is 4.32. The summed E-state index contributed by atoms with van der Waals surface area (Å²) in [4.78, 5) is 26.7. The zero-order valence-corrected chi connectivity index (χ0v) is 25.1. The lowest BCUT2D eigenvalue weighted by Crippen LogP contribution is -2.65. The molecule has 1 heterocycles. The average Bonchev–Trinajstić information content (AvgIpc) is 3.33. The van der Waals surface area contributed by atoms with Crippen LogP contribution in [0.2, 0.25) is 0 Å². The van der Waals surface area contributed by atoms with Crippen LogP contribution < -0.4 is 5.32 Å². The van der Waals surface area contributed by atoms with Gasteiger partial charge >= 0.3 is 7.12 Å². The Balaban J connectivity index is 1.21. The van der Waals surface area contributed by atoms with Crippen molar-refractivity contribution in [2.75, 3.05) is 20.7 Å². The minimum Gasteiger partial charge on any atom is -0.404 e. The molecule has 42 heavy (non-hydrogen) atoms. The van der Waals surface area contributed by atoms with Gasteiger partial charge in [-0.05, 0) is 72.3 Å². The van der Waals surface area contributed by atoms with Crippen molar-refractivity contribution in [3.8, 4) is 6.07 Å². The molecule has 0 aromatic heterocycles. The van der Waals surface area contributed by atoms with E-state index in [-0.39, 0.29) is 53.7 Å². The number of amides is 2. The minimum absolute atomic E-state index is 0.0293. The molecule has 4 fully saturated rings. The van der Waals surface area contributed by atoms with E-state index in [4.69, 9.17) is 14.0 Å². The summed E-state index contributed by atoms with van der Waals surface area (Å²) in [6.45, 7) is 6.93. The Morgan fingerprint density at radius 1 is 1.14 bits per heavy atom. The van der Waals surface area contributed by atoms with Crippen molar-refractivity contribution >= 4 is 25.0 Å². The monoisotopic (exact) mass is 569 g/mol. The number of ether oxygens (including phenoxy) is 1. The largest absolute Gasteiger partial charge is 0.482 e. The van der Waals surface area contributed by atoms with E-state index in [0.717, 1.165) is 17.5 Å². The van der Waals surface area contributed by atoms with Gasteiger partial charge in [-0.3, -0.25) is 9.59 Å². The number of rotatable bonds is 10. The van der Waals surface area contributed by atoms with Crippen molar-refractivity contribution in [3.05, 3.63) is 76.9 Å². The van der Waals surface area contributed by atoms with E-state index in [1.807, 2.05) is 60.7 Å². The predicted molar refractivity (Wildman–Crippen MR) is 161 cm³/mol. The molecule has 2 aromatic carbocycles. The Morgan fingerprint density at radius 3 is 2.57 bits per heavy atom. The van der Waals surface area contributed by atoms with Crippen LogP contribution in [0.4, 0.5) is 0 Å². The molecule has 3 saturated carbocycles. The van der Waals surface area contributed by atoms with Crippen LogP contribution in [0.3, 0.4) is 0 Å². The Bertz CT molecular complexity index is 1390. The second-order valence-electron chi connectivity index (χ2n) is 12.8. The highest BCUT2D eigenvalue weighted by Gasteiger charge is 2.68. The maximum atomic E-state index is 13.1. The number of carbonyl (C=O) groups is 2. The second-order valence-corrected chi connectivity index (χ2v) is 12.8. The molecule has 2 amide bonds. The first-order valence-corrected chi connectivity index (χ1v) is 14.7. The number of likely N-dealkylation sites (N-methyl/N-ethyl adjacent to an activating group) is 1. The van der Waals surface area contributed by atoms with Crippen LogP contribution in [0.15, 0.2) is 60.2 Å². The third-order valence-corrected chi connectivity index (χ3v) is 9.46. The first-order chi connectivity index (χ1) is 20.0. The fraction of sp³-hybridized carbons (Fsp3) is 0.485. The molecule has 8 nitrogen and oxygen atoms in total. The summed E-state index contributed by atoms with van der Waals surface area (Å²) in [7, 11) is 2.67. The van der Waals surface area contributed by atoms with Crippen LogP contribution in [0.5, 0.6) is 0 Å². The molecular weight excluding hydrogens is 529 g/mol. The number of carbonyl (C=O) groups excluding carboxylic acids is 2. The van der Waals surface area contributed by atoms with Crippen molar-refractivity contribution in [1.29, 1.82) is 5.26 Å². The Labute approximate surface area is 249 Å². The number of nitrogens with one attached hydrogen (secondary N) is 1. The maximum absolute atomic E-state index is 13.1. The fourth-order valence-electron chi connectivity index (χ4n) is 6.99. The third kappa shape index (κ3) is 6.03. The quantitative estimate of drug-likeness (QED) is 0.262. The van der Waals surface area contributed by atoms with Gasteiger partial charge in [0.2, 0.25) is 5.91 Å². The molecule has 1 saturated heterocycles. The van der Waals surface area contributed by atoms with E-state index in [2.05, 4.69) is 26.1 Å². The van der Waals surface area contributed by atoms with Crippen molar-refractivity contribution in [3.63, 3.8) is 0 Å². The molecule has 1 N–H and O–H groups in total. The van der Waals surface area contributed by atoms with Crippen LogP contribution in [-0.2, 0) is 36.7 Å². The van der Waals surface area contributed by atoms with Gasteiger partial charge in [-0.15, -0.1) is 0 Å². The molecular formula is C33H40BN3O5. The first-order valence-electron chi connectivity index (χ1n) is 14.7. The molecule has 5 atom stereocenters. The van der Waals surface area contributed by atoms with E-state index in [1.165, 1.54) is 11.3 Å². The summed E-state index contributed by atoms with van der Waals surface area (Å²) in [5.74, 6) is 0.119. The highest BCUT2D eigenvalue weighted by atomic mass is 16.7. The highest BCUT2D eigenvalue weighted by Crippen LogP contribution is 2.65. The summed E-state index contributed by atoms with van der Waals surface area (Å²) < 4.78 is 19.0. The Morgan fingerprint density at radius 2 is 1.88 bits per heavy atom. The van der Waals surface area contributed by atoms with Gasteiger partial charge in [-0.1, -0.05) is 62.4 Å². The van der Waals surface area contributed by atoms with Gasteiger partial charge in [0, 0.05) is 14.1 Å². The molecule has 220 valence electrons. The third-order valence-electron chi connectivity index (χ3n) is 9.46. The number of nitrogens with zero attached hydrogens (tertiary/aromatic N) is 2. The van der Waals surface area contributed by atoms with E-state index >= 15 is 0 Å². The average molecular weight is 570 g/mol. The minimum atomic E-state index is -0.540. The van der Waals surface area contributed by atoms with E-state index in [0.29, 0.717) is 23.8 Å². The maximum Gasteiger partial charge on any atom is 0.482 e. The zero-order valence-electron chi connectivity index (χ0n) is 25.1. The summed E-state index contributed by atoms with van der Waals surface area (Å²) in [5.41, 5.74) is 2.55. The first kappa shape index (κ1) is 30.0. The molecule has 0 unspecified atom stereocenters. The lowest BCUT2D eigenvalue weighted by Gasteiger charge is -2.64. The van der Waals surface area contributed by atoms with E-state index < -0.39 is 7.12 Å². The normalized spacial score (nSPS) is 26.4. The van der Waals surface area contributed by atoms with Crippen LogP contribution in [-0.4, -0.2) is 62.2 Å². The molecule has 9 heteroatoms. The van der Waals surface area contributed by atoms with Crippen LogP contribution in [0, 0.1) is 28.6 Å². The number of hydrogen-bond acceptors (Lipinski definition) is 6. The van der Waals surface area contributed by atoms with Crippen LogP contribution in [0.1, 0.15) is 50.3 Å². The van der Waals surface area contributed by atoms with E-state index in [1.54, 1.807) is 20.2 Å². The molecule has 2 bridgehead atoms. The highest BCUT2D eigenvalue weighted by molar-refractivity contribution is 6.48. The predicted octanol–water partition coefficient (Wildman–Crippen LogP) is 4.19. The lowest BCUT2D eigenvalue weighted by molar-refractivity contribution is -0.199. The van der Waals surface area contributed by atoms with Gasteiger partial charge < -0.3 is 24.3 Å². The zero-order chi connectivity index (χ0) is 30.1. The molecule has 3 aliphatic carbocycles. The summed E-state index contributed by atoms with van der Waals surface area (Å²) >= 11 is 0. The molecule has 4 aliphatic rings. The second kappa shape index (κ2) is 12.0. The summed E-state index contributed by atoms with van der Waals surface area (Å²) in [5, 5.41) is 12.5. The Hall–Kier alpha value is -3.45. The van der Waals surface area contributed by atoms with Crippen molar-refractivity contribution < 1.29 is 23.6 Å². The van der Waals surface area contributed by atoms with Gasteiger partial charge in [0.05, 0.1) is 24.3 Å². The van der Waals surface area contributed by atoms with Crippen molar-refractivity contribution in [2.45, 2.75) is 64.3 Å². The number of benzene rings is 2.